The molecule has 1 heterocycles. The van der Waals surface area contributed by atoms with Crippen molar-refractivity contribution in [3.63, 3.8) is 0 Å². The van der Waals surface area contributed by atoms with Crippen LogP contribution in [0.5, 0.6) is 0 Å². The zero-order valence-corrected chi connectivity index (χ0v) is 14.0. The van der Waals surface area contributed by atoms with Crippen molar-refractivity contribution in [2.75, 3.05) is 0 Å². The van der Waals surface area contributed by atoms with Gasteiger partial charge in [-0.25, -0.2) is 0 Å². The summed E-state index contributed by atoms with van der Waals surface area (Å²) >= 11 is 5.61. The Morgan fingerprint density at radius 1 is 0.857 bits per heavy atom. The third kappa shape index (κ3) is 2.10. The van der Waals surface area contributed by atoms with Crippen molar-refractivity contribution in [3.8, 4) is 11.1 Å². The molecule has 2 heteroatoms. The lowest BCUT2D eigenvalue weighted by molar-refractivity contribution is 1.52. The summed E-state index contributed by atoms with van der Waals surface area (Å²) in [5, 5.41) is 2.72. The number of thiophene rings is 1. The van der Waals surface area contributed by atoms with Crippen molar-refractivity contribution in [1.29, 1.82) is 0 Å². The van der Waals surface area contributed by atoms with Crippen LogP contribution in [0.1, 0.15) is 5.56 Å². The highest BCUT2D eigenvalue weighted by Crippen LogP contribution is 2.43. The molecule has 0 fully saturated rings. The number of rotatable bonds is 1. The first kappa shape index (κ1) is 13.1. The molecule has 1 aromatic heterocycles. The Labute approximate surface area is 136 Å². The SMILES string of the molecule is Cc1ccc2sc3ccc(Br)c(-c4ccccc4)c3c2c1. The quantitative estimate of drug-likeness (QED) is 0.353. The smallest absolute Gasteiger partial charge is 0.0362 e. The van der Waals surface area contributed by atoms with E-state index in [0.29, 0.717) is 0 Å². The first-order valence-electron chi connectivity index (χ1n) is 6.91. The Kier molecular flexibility index (Phi) is 3.09. The van der Waals surface area contributed by atoms with Crippen molar-refractivity contribution in [2.24, 2.45) is 0 Å². The molecule has 21 heavy (non-hydrogen) atoms. The molecule has 0 atom stereocenters. The van der Waals surface area contributed by atoms with Gasteiger partial charge in [-0.3, -0.25) is 0 Å². The highest BCUT2D eigenvalue weighted by atomic mass is 79.9. The van der Waals surface area contributed by atoms with Gasteiger partial charge in [-0.05, 0) is 36.8 Å². The van der Waals surface area contributed by atoms with Crippen LogP contribution in [0.25, 0.3) is 31.3 Å². The van der Waals surface area contributed by atoms with Gasteiger partial charge in [-0.2, -0.15) is 0 Å². The van der Waals surface area contributed by atoms with Gasteiger partial charge in [0.2, 0.25) is 0 Å². The molecule has 4 aromatic rings. The van der Waals surface area contributed by atoms with Crippen molar-refractivity contribution in [3.05, 3.63) is 70.7 Å². The van der Waals surface area contributed by atoms with E-state index in [0.717, 1.165) is 4.47 Å². The van der Waals surface area contributed by atoms with Gasteiger partial charge in [0, 0.05) is 30.2 Å². The number of aryl methyl sites for hydroxylation is 1. The van der Waals surface area contributed by atoms with Crippen molar-refractivity contribution < 1.29 is 0 Å². The lowest BCUT2D eigenvalue weighted by Crippen LogP contribution is -1.81. The van der Waals surface area contributed by atoms with Crippen LogP contribution < -0.4 is 0 Å². The number of hydrogen-bond donors (Lipinski definition) is 0. The highest BCUT2D eigenvalue weighted by molar-refractivity contribution is 9.10. The van der Waals surface area contributed by atoms with Gasteiger partial charge in [0.1, 0.15) is 0 Å². The monoisotopic (exact) mass is 352 g/mol. The van der Waals surface area contributed by atoms with Gasteiger partial charge in [-0.1, -0.05) is 57.9 Å². The first-order chi connectivity index (χ1) is 10.2. The standard InChI is InChI=1S/C19H13BrS/c1-12-7-9-16-14(11-12)19-17(21-16)10-8-15(20)18(19)13-5-3-2-4-6-13/h2-11H,1H3. The average molecular weight is 353 g/mol. The maximum atomic E-state index is 3.75. The summed E-state index contributed by atoms with van der Waals surface area (Å²) in [4.78, 5) is 0. The van der Waals surface area contributed by atoms with Crippen LogP contribution in [0.2, 0.25) is 0 Å². The summed E-state index contributed by atoms with van der Waals surface area (Å²) < 4.78 is 3.85. The topological polar surface area (TPSA) is 0 Å². The molecular formula is C19H13BrS. The van der Waals surface area contributed by atoms with Gasteiger partial charge >= 0.3 is 0 Å². The lowest BCUT2D eigenvalue weighted by atomic mass is 9.99. The fraction of sp³-hybridized carbons (Fsp3) is 0.0526. The zero-order chi connectivity index (χ0) is 14.4. The van der Waals surface area contributed by atoms with E-state index < -0.39 is 0 Å². The summed E-state index contributed by atoms with van der Waals surface area (Å²) in [7, 11) is 0. The maximum absolute atomic E-state index is 3.75. The Balaban J connectivity index is 2.21. The highest BCUT2D eigenvalue weighted by Gasteiger charge is 2.13. The number of hydrogen-bond acceptors (Lipinski definition) is 1. The Morgan fingerprint density at radius 3 is 2.43 bits per heavy atom. The first-order valence-corrected chi connectivity index (χ1v) is 8.52. The van der Waals surface area contributed by atoms with Gasteiger partial charge in [0.05, 0.1) is 0 Å². The second-order valence-electron chi connectivity index (χ2n) is 5.26. The molecule has 0 unspecified atom stereocenters. The van der Waals surface area contributed by atoms with Crippen LogP contribution in [0, 0.1) is 6.92 Å². The predicted octanol–water partition coefficient (Wildman–Crippen LogP) is 6.79. The molecule has 0 bridgehead atoms. The molecule has 0 aliphatic carbocycles. The molecular weight excluding hydrogens is 340 g/mol. The van der Waals surface area contributed by atoms with E-state index in [9.17, 15) is 0 Å². The molecule has 4 rings (SSSR count). The second kappa shape index (κ2) is 4.97. The van der Waals surface area contributed by atoms with Crippen molar-refractivity contribution in [1.82, 2.24) is 0 Å². The molecule has 0 aliphatic heterocycles. The van der Waals surface area contributed by atoms with E-state index in [4.69, 9.17) is 0 Å². The molecule has 0 aliphatic rings. The normalized spacial score (nSPS) is 11.3. The van der Waals surface area contributed by atoms with Crippen molar-refractivity contribution in [2.45, 2.75) is 6.92 Å². The fourth-order valence-corrected chi connectivity index (χ4v) is 4.50. The third-order valence-electron chi connectivity index (χ3n) is 3.80. The maximum Gasteiger partial charge on any atom is 0.0362 e. The Morgan fingerprint density at radius 2 is 1.62 bits per heavy atom. The number of fused-ring (bicyclic) bond motifs is 3. The Hall–Kier alpha value is -1.64. The van der Waals surface area contributed by atoms with E-state index in [1.54, 1.807) is 0 Å². The van der Waals surface area contributed by atoms with E-state index in [1.807, 2.05) is 11.3 Å². The van der Waals surface area contributed by atoms with Gasteiger partial charge in [-0.15, -0.1) is 11.3 Å². The zero-order valence-electron chi connectivity index (χ0n) is 11.6. The summed E-state index contributed by atoms with van der Waals surface area (Å²) in [5.74, 6) is 0. The molecule has 0 radical (unpaired) electrons. The molecule has 0 N–H and O–H groups in total. The predicted molar refractivity (Wildman–Crippen MR) is 97.2 cm³/mol. The van der Waals surface area contributed by atoms with Crippen LogP contribution in [0.15, 0.2) is 65.1 Å². The lowest BCUT2D eigenvalue weighted by Gasteiger charge is -2.08. The molecule has 0 saturated heterocycles. The van der Waals surface area contributed by atoms with Gasteiger partial charge in [0.15, 0.2) is 0 Å². The van der Waals surface area contributed by atoms with Crippen LogP contribution >= 0.6 is 27.3 Å². The molecule has 0 saturated carbocycles. The largest absolute Gasteiger partial charge is 0.135 e. The average Bonchev–Trinajstić information content (AvgIpc) is 2.86. The molecule has 0 spiro atoms. The Bertz CT molecular complexity index is 952. The van der Waals surface area contributed by atoms with E-state index in [2.05, 4.69) is 83.5 Å². The number of benzene rings is 3. The minimum Gasteiger partial charge on any atom is -0.135 e. The molecule has 0 amide bonds. The van der Waals surface area contributed by atoms with Crippen molar-refractivity contribution >= 4 is 47.4 Å². The number of halogens is 1. The second-order valence-corrected chi connectivity index (χ2v) is 7.20. The van der Waals surface area contributed by atoms with Crippen LogP contribution in [-0.2, 0) is 0 Å². The third-order valence-corrected chi connectivity index (χ3v) is 5.60. The minimum absolute atomic E-state index is 1.16. The van der Waals surface area contributed by atoms with Gasteiger partial charge in [0.25, 0.3) is 0 Å². The summed E-state index contributed by atoms with van der Waals surface area (Å²) in [6.07, 6.45) is 0. The molecule has 3 aromatic carbocycles. The van der Waals surface area contributed by atoms with Gasteiger partial charge < -0.3 is 0 Å². The summed E-state index contributed by atoms with van der Waals surface area (Å²) in [5.41, 5.74) is 3.86. The summed E-state index contributed by atoms with van der Waals surface area (Å²) in [6, 6.07) is 21.7. The van der Waals surface area contributed by atoms with Crippen LogP contribution in [-0.4, -0.2) is 0 Å². The fourth-order valence-electron chi connectivity index (χ4n) is 2.84. The minimum atomic E-state index is 1.16. The van der Waals surface area contributed by atoms with E-state index in [-0.39, 0.29) is 0 Å². The molecule has 0 nitrogen and oxygen atoms in total. The van der Waals surface area contributed by atoms with E-state index in [1.165, 1.54) is 36.9 Å². The van der Waals surface area contributed by atoms with Crippen LogP contribution in [0.4, 0.5) is 0 Å². The summed E-state index contributed by atoms with van der Waals surface area (Å²) in [6.45, 7) is 2.16. The van der Waals surface area contributed by atoms with E-state index >= 15 is 0 Å². The van der Waals surface area contributed by atoms with Crippen LogP contribution in [0.3, 0.4) is 0 Å². The molecule has 102 valence electrons.